The second kappa shape index (κ2) is 10.4. The van der Waals surface area contributed by atoms with Crippen LogP contribution in [0.3, 0.4) is 0 Å². The van der Waals surface area contributed by atoms with Crippen LogP contribution >= 0.6 is 0 Å². The minimum Gasteiger partial charge on any atom is -0.378 e. The topological polar surface area (TPSA) is 62.5 Å². The van der Waals surface area contributed by atoms with Gasteiger partial charge in [-0.15, -0.1) is 0 Å². The van der Waals surface area contributed by atoms with Crippen molar-refractivity contribution < 1.29 is 9.47 Å². The summed E-state index contributed by atoms with van der Waals surface area (Å²) in [6, 6.07) is 13.8. The average molecular weight is 500 g/mol. The largest absolute Gasteiger partial charge is 0.378 e. The van der Waals surface area contributed by atoms with E-state index in [1.165, 1.54) is 24.1 Å². The van der Waals surface area contributed by atoms with Crippen molar-refractivity contribution in [3.63, 3.8) is 0 Å². The van der Waals surface area contributed by atoms with Crippen LogP contribution in [0.4, 0.5) is 5.82 Å². The van der Waals surface area contributed by atoms with E-state index in [4.69, 9.17) is 19.5 Å². The molecule has 0 N–H and O–H groups in total. The van der Waals surface area contributed by atoms with Gasteiger partial charge in [0.15, 0.2) is 5.82 Å². The summed E-state index contributed by atoms with van der Waals surface area (Å²) in [5.74, 6) is 1.94. The molecule has 1 aromatic heterocycles. The third-order valence-electron chi connectivity index (χ3n) is 8.28. The van der Waals surface area contributed by atoms with E-state index in [0.29, 0.717) is 12.1 Å². The summed E-state index contributed by atoms with van der Waals surface area (Å²) in [5, 5.41) is 0. The van der Waals surface area contributed by atoms with Crippen LogP contribution in [0.25, 0.3) is 17.0 Å². The smallest absolute Gasteiger partial charge is 0.163 e. The van der Waals surface area contributed by atoms with E-state index in [0.717, 1.165) is 92.1 Å². The van der Waals surface area contributed by atoms with Gasteiger partial charge in [-0.1, -0.05) is 25.1 Å². The Bertz CT molecular complexity index is 1240. The molecular formula is C30H37N5O2. The fourth-order valence-electron chi connectivity index (χ4n) is 6.15. The number of hydrogen-bond donors (Lipinski definition) is 0. The Balaban J connectivity index is 1.49. The van der Waals surface area contributed by atoms with Crippen molar-refractivity contribution in [2.75, 3.05) is 46.6 Å². The van der Waals surface area contributed by atoms with Crippen molar-refractivity contribution in [1.82, 2.24) is 14.8 Å². The van der Waals surface area contributed by atoms with Gasteiger partial charge in [-0.25, -0.2) is 9.98 Å². The van der Waals surface area contributed by atoms with Gasteiger partial charge in [-0.3, -0.25) is 4.99 Å². The number of fused-ring (bicyclic) bond motifs is 3. The summed E-state index contributed by atoms with van der Waals surface area (Å²) < 4.78 is 11.6. The van der Waals surface area contributed by atoms with Crippen LogP contribution in [0.1, 0.15) is 50.7 Å². The number of pyridine rings is 1. The van der Waals surface area contributed by atoms with Crippen molar-refractivity contribution in [3.05, 3.63) is 53.1 Å². The van der Waals surface area contributed by atoms with Crippen LogP contribution in [0.2, 0.25) is 0 Å². The highest BCUT2D eigenvalue weighted by Crippen LogP contribution is 2.43. The van der Waals surface area contributed by atoms with Gasteiger partial charge in [0, 0.05) is 49.1 Å². The average Bonchev–Trinajstić information content (AvgIpc) is 3.11. The van der Waals surface area contributed by atoms with Crippen LogP contribution in [0.15, 0.2) is 52.0 Å². The Morgan fingerprint density at radius 3 is 2.57 bits per heavy atom. The predicted octanol–water partition coefficient (Wildman–Crippen LogP) is 4.94. The van der Waals surface area contributed by atoms with Gasteiger partial charge < -0.3 is 19.3 Å². The normalized spacial score (nSPS) is 24.2. The summed E-state index contributed by atoms with van der Waals surface area (Å²) >= 11 is 0. The first-order valence-corrected chi connectivity index (χ1v) is 13.7. The number of amidine groups is 1. The van der Waals surface area contributed by atoms with E-state index in [1.807, 2.05) is 14.0 Å². The number of benzene rings is 1. The number of nitrogens with zero attached hydrogens (tertiary/aromatic N) is 5. The number of hydrogen-bond acceptors (Lipinski definition) is 7. The third-order valence-corrected chi connectivity index (χ3v) is 8.28. The van der Waals surface area contributed by atoms with Crippen LogP contribution in [-0.4, -0.2) is 85.0 Å². The summed E-state index contributed by atoms with van der Waals surface area (Å²) in [5.41, 5.74) is 8.13. The van der Waals surface area contributed by atoms with Crippen molar-refractivity contribution >= 4 is 23.1 Å². The molecule has 7 nitrogen and oxygen atoms in total. The number of aliphatic imine (C=N–C) groups is 2. The maximum absolute atomic E-state index is 5.96. The molecule has 2 atom stereocenters. The van der Waals surface area contributed by atoms with Crippen molar-refractivity contribution in [1.29, 1.82) is 0 Å². The first kappa shape index (κ1) is 24.3. The maximum Gasteiger partial charge on any atom is 0.163 e. The highest BCUT2D eigenvalue weighted by atomic mass is 16.5. The Hall–Kier alpha value is -3.03. The molecule has 0 radical (unpaired) electrons. The zero-order valence-electron chi connectivity index (χ0n) is 22.2. The van der Waals surface area contributed by atoms with Crippen LogP contribution in [0.5, 0.6) is 0 Å². The molecule has 2 unspecified atom stereocenters. The lowest BCUT2D eigenvalue weighted by Gasteiger charge is -2.39. The molecule has 4 aliphatic rings. The molecule has 2 bridgehead atoms. The van der Waals surface area contributed by atoms with Crippen LogP contribution < -0.4 is 0 Å². The minimum absolute atomic E-state index is 0.431. The molecule has 2 aromatic rings. The number of rotatable bonds is 4. The molecule has 6 rings (SSSR count). The zero-order valence-corrected chi connectivity index (χ0v) is 22.2. The van der Waals surface area contributed by atoms with Gasteiger partial charge in [0.1, 0.15) is 5.84 Å². The Morgan fingerprint density at radius 1 is 1.05 bits per heavy atom. The van der Waals surface area contributed by atoms with Gasteiger partial charge in [-0.2, -0.15) is 0 Å². The van der Waals surface area contributed by atoms with Crippen LogP contribution in [0, 0.1) is 0 Å². The van der Waals surface area contributed by atoms with Crippen molar-refractivity contribution in [3.8, 4) is 11.3 Å². The second-order valence-electron chi connectivity index (χ2n) is 10.4. The van der Waals surface area contributed by atoms with E-state index < -0.39 is 0 Å². The van der Waals surface area contributed by atoms with E-state index in [9.17, 15) is 0 Å². The monoisotopic (exact) mass is 499 g/mol. The SMILES string of the molecule is CCC1=C(N2C3CCC2COC3)c2ccc(-c3cccc(C(C)=NC)c3)nc2N=C(N2CCOCC2)C1. The molecule has 7 heteroatoms. The summed E-state index contributed by atoms with van der Waals surface area (Å²) in [6.07, 6.45) is 4.23. The van der Waals surface area contributed by atoms with Crippen LogP contribution in [-0.2, 0) is 9.47 Å². The molecule has 3 fully saturated rings. The molecule has 0 saturated carbocycles. The molecule has 4 aliphatic heterocycles. The Kier molecular flexibility index (Phi) is 6.82. The highest BCUT2D eigenvalue weighted by Gasteiger charge is 2.41. The minimum atomic E-state index is 0.431. The highest BCUT2D eigenvalue weighted by molar-refractivity contribution is 5.99. The zero-order chi connectivity index (χ0) is 25.4. The van der Waals surface area contributed by atoms with Gasteiger partial charge in [-0.05, 0) is 55.5 Å². The lowest BCUT2D eigenvalue weighted by molar-refractivity contribution is 0.0151. The van der Waals surface area contributed by atoms with Gasteiger partial charge in [0.2, 0.25) is 0 Å². The van der Waals surface area contributed by atoms with E-state index in [2.05, 4.69) is 58.1 Å². The van der Waals surface area contributed by atoms with Gasteiger partial charge >= 0.3 is 0 Å². The standard InChI is InChI=1S/C30H37N5O2/c1-4-21-17-28(34-12-14-36-15-13-34)33-30-26(29(21)35-24-8-9-25(35)19-37-18-24)10-11-27(32-30)23-7-5-6-22(16-23)20(2)31-3/h5-7,10-11,16,24-25H,4,8-9,12-15,17-19H2,1-3H3. The maximum atomic E-state index is 5.96. The number of ether oxygens (including phenoxy) is 2. The number of morpholine rings is 2. The summed E-state index contributed by atoms with van der Waals surface area (Å²) in [6.45, 7) is 9.18. The quantitative estimate of drug-likeness (QED) is 0.558. The Labute approximate surface area is 219 Å². The first-order chi connectivity index (χ1) is 18.2. The fourth-order valence-corrected chi connectivity index (χ4v) is 6.15. The molecule has 0 spiro atoms. The van der Waals surface area contributed by atoms with Crippen molar-refractivity contribution in [2.45, 2.75) is 51.6 Å². The predicted molar refractivity (Wildman–Crippen MR) is 149 cm³/mol. The third kappa shape index (κ3) is 4.59. The fraction of sp³-hybridized carbons (Fsp3) is 0.500. The first-order valence-electron chi connectivity index (χ1n) is 13.7. The lowest BCUT2D eigenvalue weighted by Crippen LogP contribution is -2.45. The van der Waals surface area contributed by atoms with Gasteiger partial charge in [0.05, 0.1) is 44.2 Å². The summed E-state index contributed by atoms with van der Waals surface area (Å²) in [7, 11) is 1.84. The number of aromatic nitrogens is 1. The molecular weight excluding hydrogens is 462 g/mol. The molecule has 1 aromatic carbocycles. The summed E-state index contributed by atoms with van der Waals surface area (Å²) in [4.78, 5) is 20.0. The molecule has 37 heavy (non-hydrogen) atoms. The van der Waals surface area contributed by atoms with E-state index >= 15 is 0 Å². The van der Waals surface area contributed by atoms with E-state index in [1.54, 1.807) is 0 Å². The molecule has 5 heterocycles. The van der Waals surface area contributed by atoms with Crippen molar-refractivity contribution in [2.24, 2.45) is 9.98 Å². The van der Waals surface area contributed by atoms with Gasteiger partial charge in [0.25, 0.3) is 0 Å². The Morgan fingerprint density at radius 2 is 1.84 bits per heavy atom. The van der Waals surface area contributed by atoms with E-state index in [-0.39, 0.29) is 0 Å². The lowest BCUT2D eigenvalue weighted by atomic mass is 9.98. The molecule has 3 saturated heterocycles. The molecule has 0 amide bonds. The molecule has 0 aliphatic carbocycles. The second-order valence-corrected chi connectivity index (χ2v) is 10.4. The molecule has 194 valence electrons.